The van der Waals surface area contributed by atoms with Gasteiger partial charge in [0.1, 0.15) is 5.58 Å². The maximum absolute atomic E-state index is 11.3. The number of furan rings is 1. The maximum atomic E-state index is 11.3. The second kappa shape index (κ2) is 5.50. The molecule has 0 saturated carbocycles. The third kappa shape index (κ3) is 2.71. The number of amides is 1. The van der Waals surface area contributed by atoms with Crippen molar-refractivity contribution in [1.82, 2.24) is 0 Å². The first kappa shape index (κ1) is 13.5. The molecule has 0 spiro atoms. The number of primary amides is 1. The summed E-state index contributed by atoms with van der Waals surface area (Å²) in [5.74, 6) is -0.544. The second-order valence-electron chi connectivity index (χ2n) is 4.67. The van der Waals surface area contributed by atoms with Gasteiger partial charge in [-0.05, 0) is 24.3 Å². The average Bonchev–Trinajstić information content (AvgIpc) is 2.89. The van der Waals surface area contributed by atoms with Crippen molar-refractivity contribution in [2.75, 3.05) is 5.32 Å². The molecule has 0 fully saturated rings. The first-order valence-electron chi connectivity index (χ1n) is 6.43. The number of anilines is 1. The molecular weight excluding hydrogens is 288 g/mol. The van der Waals surface area contributed by atoms with Gasteiger partial charge in [-0.2, -0.15) is 0 Å². The van der Waals surface area contributed by atoms with Crippen molar-refractivity contribution in [3.63, 3.8) is 0 Å². The van der Waals surface area contributed by atoms with E-state index in [1.165, 1.54) is 0 Å². The van der Waals surface area contributed by atoms with Gasteiger partial charge in [0, 0.05) is 23.2 Å². The number of fused-ring (bicyclic) bond motifs is 1. The topological polar surface area (TPSA) is 68.3 Å². The third-order valence-corrected chi connectivity index (χ3v) is 3.61. The highest BCUT2D eigenvalue weighted by Crippen LogP contribution is 2.23. The zero-order valence-electron chi connectivity index (χ0n) is 11.1. The highest BCUT2D eigenvalue weighted by molar-refractivity contribution is 6.33. The van der Waals surface area contributed by atoms with Crippen LogP contribution in [0.5, 0.6) is 0 Å². The molecule has 0 saturated heterocycles. The third-order valence-electron chi connectivity index (χ3n) is 3.28. The monoisotopic (exact) mass is 300 g/mol. The molecular formula is C16H13ClN2O2. The number of para-hydroxylation sites is 1. The molecule has 0 atom stereocenters. The molecule has 0 unspecified atom stereocenters. The van der Waals surface area contributed by atoms with Gasteiger partial charge in [0.15, 0.2) is 0 Å². The van der Waals surface area contributed by atoms with Gasteiger partial charge in [-0.1, -0.05) is 29.8 Å². The van der Waals surface area contributed by atoms with E-state index in [0.29, 0.717) is 17.1 Å². The lowest BCUT2D eigenvalue weighted by molar-refractivity contribution is 0.100. The summed E-state index contributed by atoms with van der Waals surface area (Å²) in [6.45, 7) is 0.580. The van der Waals surface area contributed by atoms with Gasteiger partial charge in [0.2, 0.25) is 5.91 Å². The van der Waals surface area contributed by atoms with E-state index in [9.17, 15) is 4.79 Å². The highest BCUT2D eigenvalue weighted by atomic mass is 35.5. The minimum Gasteiger partial charge on any atom is -0.464 e. The standard InChI is InChI=1S/C16H13ClN2O2/c17-14-6-5-11(7-13(14)16(18)20)19-8-10-9-21-15-4-2-1-3-12(10)15/h1-7,9,19H,8H2,(H2,18,20). The average molecular weight is 301 g/mol. The van der Waals surface area contributed by atoms with E-state index in [4.69, 9.17) is 21.8 Å². The van der Waals surface area contributed by atoms with Gasteiger partial charge in [-0.15, -0.1) is 0 Å². The van der Waals surface area contributed by atoms with E-state index >= 15 is 0 Å². The Balaban J connectivity index is 1.82. The first-order chi connectivity index (χ1) is 10.1. The number of hydrogen-bond donors (Lipinski definition) is 2. The maximum Gasteiger partial charge on any atom is 0.250 e. The number of benzene rings is 2. The van der Waals surface area contributed by atoms with Crippen molar-refractivity contribution in [2.45, 2.75) is 6.54 Å². The summed E-state index contributed by atoms with van der Waals surface area (Å²) in [6.07, 6.45) is 1.72. The fraction of sp³-hybridized carbons (Fsp3) is 0.0625. The lowest BCUT2D eigenvalue weighted by Crippen LogP contribution is -2.12. The van der Waals surface area contributed by atoms with Crippen molar-refractivity contribution in [3.05, 3.63) is 64.9 Å². The zero-order chi connectivity index (χ0) is 14.8. The Morgan fingerprint density at radius 2 is 2.05 bits per heavy atom. The Kier molecular flexibility index (Phi) is 3.54. The molecule has 0 aliphatic carbocycles. The minimum absolute atomic E-state index is 0.304. The molecule has 1 aromatic heterocycles. The molecule has 5 heteroatoms. The molecule has 3 aromatic rings. The predicted molar refractivity (Wildman–Crippen MR) is 83.5 cm³/mol. The van der Waals surface area contributed by atoms with Crippen LogP contribution in [0.1, 0.15) is 15.9 Å². The van der Waals surface area contributed by atoms with E-state index in [-0.39, 0.29) is 0 Å². The fourth-order valence-electron chi connectivity index (χ4n) is 2.19. The number of rotatable bonds is 4. The van der Waals surface area contributed by atoms with Gasteiger partial charge in [0.25, 0.3) is 0 Å². The zero-order valence-corrected chi connectivity index (χ0v) is 11.9. The van der Waals surface area contributed by atoms with Crippen LogP contribution < -0.4 is 11.1 Å². The summed E-state index contributed by atoms with van der Waals surface area (Å²) < 4.78 is 5.48. The minimum atomic E-state index is -0.544. The summed E-state index contributed by atoms with van der Waals surface area (Å²) >= 11 is 5.93. The molecule has 1 amide bonds. The SMILES string of the molecule is NC(=O)c1cc(NCc2coc3ccccc23)ccc1Cl. The van der Waals surface area contributed by atoms with Gasteiger partial charge in [-0.25, -0.2) is 0 Å². The van der Waals surface area contributed by atoms with Gasteiger partial charge in [-0.3, -0.25) is 4.79 Å². The summed E-state index contributed by atoms with van der Waals surface area (Å²) in [5.41, 5.74) is 8.26. The van der Waals surface area contributed by atoms with Crippen LogP contribution in [0.15, 0.2) is 53.1 Å². The molecule has 1 heterocycles. The van der Waals surface area contributed by atoms with Crippen LogP contribution in [-0.4, -0.2) is 5.91 Å². The molecule has 0 aliphatic heterocycles. The van der Waals surface area contributed by atoms with Gasteiger partial charge >= 0.3 is 0 Å². The van der Waals surface area contributed by atoms with Crippen LogP contribution >= 0.6 is 11.6 Å². The van der Waals surface area contributed by atoms with Crippen LogP contribution in [0.25, 0.3) is 11.0 Å². The summed E-state index contributed by atoms with van der Waals surface area (Å²) in [5, 5.41) is 4.65. The van der Waals surface area contributed by atoms with Crippen molar-refractivity contribution >= 4 is 34.2 Å². The Morgan fingerprint density at radius 1 is 1.24 bits per heavy atom. The van der Waals surface area contributed by atoms with Crippen molar-refractivity contribution in [1.29, 1.82) is 0 Å². The van der Waals surface area contributed by atoms with E-state index in [2.05, 4.69) is 5.32 Å². The lowest BCUT2D eigenvalue weighted by atomic mass is 10.1. The molecule has 2 aromatic carbocycles. The summed E-state index contributed by atoms with van der Waals surface area (Å²) in [4.78, 5) is 11.3. The smallest absolute Gasteiger partial charge is 0.250 e. The van der Waals surface area contributed by atoms with E-state index in [1.807, 2.05) is 24.3 Å². The van der Waals surface area contributed by atoms with Gasteiger partial charge < -0.3 is 15.5 Å². The van der Waals surface area contributed by atoms with Crippen LogP contribution in [-0.2, 0) is 6.54 Å². The fourth-order valence-corrected chi connectivity index (χ4v) is 2.40. The van der Waals surface area contributed by atoms with Crippen LogP contribution in [0.3, 0.4) is 0 Å². The van der Waals surface area contributed by atoms with Crippen molar-refractivity contribution < 1.29 is 9.21 Å². The van der Waals surface area contributed by atoms with Crippen LogP contribution in [0.4, 0.5) is 5.69 Å². The molecule has 3 rings (SSSR count). The molecule has 106 valence electrons. The Bertz CT molecular complexity index is 811. The molecule has 0 aliphatic rings. The number of carbonyl (C=O) groups is 1. The Hall–Kier alpha value is -2.46. The van der Waals surface area contributed by atoms with Crippen molar-refractivity contribution in [3.8, 4) is 0 Å². The van der Waals surface area contributed by atoms with Crippen LogP contribution in [0, 0.1) is 0 Å². The summed E-state index contributed by atoms with van der Waals surface area (Å²) in [7, 11) is 0. The number of nitrogens with two attached hydrogens (primary N) is 1. The molecule has 3 N–H and O–H groups in total. The molecule has 0 radical (unpaired) electrons. The number of carbonyl (C=O) groups excluding carboxylic acids is 1. The normalized spacial score (nSPS) is 10.7. The molecule has 21 heavy (non-hydrogen) atoms. The lowest BCUT2D eigenvalue weighted by Gasteiger charge is -2.07. The summed E-state index contributed by atoms with van der Waals surface area (Å²) in [6, 6.07) is 12.9. The quantitative estimate of drug-likeness (QED) is 0.770. The number of halogens is 1. The van der Waals surface area contributed by atoms with E-state index in [0.717, 1.165) is 22.2 Å². The first-order valence-corrected chi connectivity index (χ1v) is 6.81. The number of nitrogens with one attached hydrogen (secondary N) is 1. The predicted octanol–water partition coefficient (Wildman–Crippen LogP) is 3.80. The largest absolute Gasteiger partial charge is 0.464 e. The van der Waals surface area contributed by atoms with Crippen LogP contribution in [0.2, 0.25) is 5.02 Å². The molecule has 4 nitrogen and oxygen atoms in total. The molecule has 0 bridgehead atoms. The Morgan fingerprint density at radius 3 is 2.86 bits per heavy atom. The highest BCUT2D eigenvalue weighted by Gasteiger charge is 2.08. The Labute approximate surface area is 126 Å². The van der Waals surface area contributed by atoms with Crippen molar-refractivity contribution in [2.24, 2.45) is 5.73 Å². The van der Waals surface area contributed by atoms with Gasteiger partial charge in [0.05, 0.1) is 16.8 Å². The number of hydrogen-bond acceptors (Lipinski definition) is 3. The second-order valence-corrected chi connectivity index (χ2v) is 5.08. The van der Waals surface area contributed by atoms with E-state index < -0.39 is 5.91 Å². The van der Waals surface area contributed by atoms with E-state index in [1.54, 1.807) is 24.5 Å².